The minimum absolute atomic E-state index is 0.0379. The zero-order valence-electron chi connectivity index (χ0n) is 7.15. The molecule has 0 aromatic heterocycles. The summed E-state index contributed by atoms with van der Waals surface area (Å²) >= 11 is 0. The molecule has 1 atom stereocenters. The number of carboxylic acid groups (broad SMARTS) is 1. The van der Waals surface area contributed by atoms with Crippen molar-refractivity contribution in [2.75, 3.05) is 7.05 Å². The van der Waals surface area contributed by atoms with Crippen LogP contribution in [0.2, 0.25) is 0 Å². The Morgan fingerprint density at radius 1 is 1.69 bits per heavy atom. The van der Waals surface area contributed by atoms with Crippen LogP contribution in [0, 0.1) is 0 Å². The van der Waals surface area contributed by atoms with Gasteiger partial charge in [-0.1, -0.05) is 6.08 Å². The van der Waals surface area contributed by atoms with E-state index < -0.39 is 22.2 Å². The Balaban J connectivity index is 4.43. The van der Waals surface area contributed by atoms with Gasteiger partial charge in [0.15, 0.2) is 0 Å². The summed E-state index contributed by atoms with van der Waals surface area (Å²) in [4.78, 5) is 10.5. The molecule has 0 saturated carbocycles. The van der Waals surface area contributed by atoms with E-state index in [-0.39, 0.29) is 6.42 Å². The SMILES string of the molecule is C=CCC(NS(=O)(=O)NC)C(=O)O. The topological polar surface area (TPSA) is 95.5 Å². The quantitative estimate of drug-likeness (QED) is 0.491. The smallest absolute Gasteiger partial charge is 0.322 e. The van der Waals surface area contributed by atoms with E-state index >= 15 is 0 Å². The second kappa shape index (κ2) is 4.95. The highest BCUT2D eigenvalue weighted by Crippen LogP contribution is 1.94. The number of hydrogen-bond acceptors (Lipinski definition) is 3. The summed E-state index contributed by atoms with van der Waals surface area (Å²) in [7, 11) is -2.52. The predicted octanol–water partition coefficient (Wildman–Crippen LogP) is -0.930. The first-order chi connectivity index (χ1) is 5.93. The van der Waals surface area contributed by atoms with Gasteiger partial charge in [0, 0.05) is 7.05 Å². The maximum atomic E-state index is 10.9. The average Bonchev–Trinajstić information content (AvgIpc) is 2.03. The number of carbonyl (C=O) groups is 1. The predicted molar refractivity (Wildman–Crippen MR) is 47.4 cm³/mol. The van der Waals surface area contributed by atoms with Crippen LogP contribution < -0.4 is 9.44 Å². The Labute approximate surface area is 76.8 Å². The molecular weight excluding hydrogens is 196 g/mol. The molecule has 0 aliphatic rings. The molecule has 0 aliphatic carbocycles. The third kappa shape index (κ3) is 4.61. The van der Waals surface area contributed by atoms with E-state index in [2.05, 4.69) is 6.58 Å². The van der Waals surface area contributed by atoms with Crippen molar-refractivity contribution >= 4 is 16.2 Å². The number of nitrogens with one attached hydrogen (secondary N) is 2. The number of rotatable bonds is 6. The van der Waals surface area contributed by atoms with Crippen LogP contribution in [-0.2, 0) is 15.0 Å². The maximum absolute atomic E-state index is 10.9. The molecule has 76 valence electrons. The van der Waals surface area contributed by atoms with E-state index in [4.69, 9.17) is 5.11 Å². The van der Waals surface area contributed by atoms with Crippen LogP contribution in [-0.4, -0.2) is 32.6 Å². The van der Waals surface area contributed by atoms with Crippen LogP contribution in [0.3, 0.4) is 0 Å². The van der Waals surface area contributed by atoms with Gasteiger partial charge in [0.2, 0.25) is 0 Å². The Bertz CT molecular complexity index is 285. The van der Waals surface area contributed by atoms with Gasteiger partial charge in [-0.15, -0.1) is 6.58 Å². The Kier molecular flexibility index (Phi) is 4.60. The van der Waals surface area contributed by atoms with Crippen molar-refractivity contribution in [3.8, 4) is 0 Å². The van der Waals surface area contributed by atoms with Gasteiger partial charge in [-0.2, -0.15) is 13.1 Å². The van der Waals surface area contributed by atoms with Gasteiger partial charge in [-0.25, -0.2) is 4.72 Å². The summed E-state index contributed by atoms with van der Waals surface area (Å²) < 4.78 is 25.6. The van der Waals surface area contributed by atoms with E-state index in [1.807, 2.05) is 9.44 Å². The lowest BCUT2D eigenvalue weighted by molar-refractivity contribution is -0.138. The third-order valence-corrected chi connectivity index (χ3v) is 2.40. The summed E-state index contributed by atoms with van der Waals surface area (Å²) in [5, 5.41) is 8.56. The molecule has 0 rings (SSSR count). The molecule has 0 aromatic rings. The number of aliphatic carboxylic acids is 1. The molecular formula is C6H12N2O4S. The van der Waals surface area contributed by atoms with E-state index in [1.165, 1.54) is 13.1 Å². The first-order valence-electron chi connectivity index (χ1n) is 3.47. The van der Waals surface area contributed by atoms with Gasteiger partial charge < -0.3 is 5.11 Å². The molecule has 13 heavy (non-hydrogen) atoms. The fourth-order valence-electron chi connectivity index (χ4n) is 0.612. The van der Waals surface area contributed by atoms with E-state index in [9.17, 15) is 13.2 Å². The molecule has 6 nitrogen and oxygen atoms in total. The second-order valence-corrected chi connectivity index (χ2v) is 3.89. The number of hydrogen-bond donors (Lipinski definition) is 3. The zero-order chi connectivity index (χ0) is 10.5. The monoisotopic (exact) mass is 208 g/mol. The molecule has 0 heterocycles. The van der Waals surface area contributed by atoms with Gasteiger partial charge >= 0.3 is 5.97 Å². The molecule has 3 N–H and O–H groups in total. The summed E-state index contributed by atoms with van der Waals surface area (Å²) in [5.74, 6) is -1.24. The normalized spacial score (nSPS) is 13.6. The van der Waals surface area contributed by atoms with Crippen molar-refractivity contribution in [3.63, 3.8) is 0 Å². The lowest BCUT2D eigenvalue weighted by Gasteiger charge is -2.11. The summed E-state index contributed by atoms with van der Waals surface area (Å²) in [6, 6.07) is -1.17. The highest BCUT2D eigenvalue weighted by molar-refractivity contribution is 7.87. The van der Waals surface area contributed by atoms with Crippen molar-refractivity contribution in [3.05, 3.63) is 12.7 Å². The third-order valence-electron chi connectivity index (χ3n) is 1.27. The maximum Gasteiger partial charge on any atom is 0.322 e. The molecule has 1 unspecified atom stereocenters. The number of carboxylic acids is 1. The van der Waals surface area contributed by atoms with Crippen LogP contribution in [0.25, 0.3) is 0 Å². The zero-order valence-corrected chi connectivity index (χ0v) is 7.97. The van der Waals surface area contributed by atoms with E-state index in [0.29, 0.717) is 0 Å². The Hall–Kier alpha value is -0.920. The fraction of sp³-hybridized carbons (Fsp3) is 0.500. The molecule has 0 amide bonds. The fourth-order valence-corrected chi connectivity index (χ4v) is 1.30. The average molecular weight is 208 g/mol. The highest BCUT2D eigenvalue weighted by atomic mass is 32.2. The van der Waals surface area contributed by atoms with Gasteiger partial charge in [0.1, 0.15) is 6.04 Å². The lowest BCUT2D eigenvalue weighted by Crippen LogP contribution is -2.45. The summed E-state index contributed by atoms with van der Waals surface area (Å²) in [6.07, 6.45) is 1.37. The molecule has 0 spiro atoms. The molecule has 0 aliphatic heterocycles. The highest BCUT2D eigenvalue weighted by Gasteiger charge is 2.20. The van der Waals surface area contributed by atoms with Gasteiger partial charge in [0.25, 0.3) is 10.2 Å². The Morgan fingerprint density at radius 3 is 2.54 bits per heavy atom. The molecule has 7 heteroatoms. The van der Waals surface area contributed by atoms with Gasteiger partial charge in [-0.05, 0) is 6.42 Å². The minimum atomic E-state index is -3.71. The van der Waals surface area contributed by atoms with E-state index in [1.54, 1.807) is 0 Å². The molecule has 0 saturated heterocycles. The van der Waals surface area contributed by atoms with Crippen molar-refractivity contribution < 1.29 is 18.3 Å². The van der Waals surface area contributed by atoms with Crippen LogP contribution in [0.15, 0.2) is 12.7 Å². The van der Waals surface area contributed by atoms with Crippen molar-refractivity contribution in [1.29, 1.82) is 0 Å². The first-order valence-corrected chi connectivity index (χ1v) is 4.95. The lowest BCUT2D eigenvalue weighted by atomic mass is 10.2. The summed E-state index contributed by atoms with van der Waals surface area (Å²) in [6.45, 7) is 3.32. The van der Waals surface area contributed by atoms with Crippen LogP contribution >= 0.6 is 0 Å². The van der Waals surface area contributed by atoms with Crippen molar-refractivity contribution in [2.24, 2.45) is 0 Å². The van der Waals surface area contributed by atoms with Crippen molar-refractivity contribution in [1.82, 2.24) is 9.44 Å². The van der Waals surface area contributed by atoms with Crippen LogP contribution in [0.5, 0.6) is 0 Å². The van der Waals surface area contributed by atoms with E-state index in [0.717, 1.165) is 0 Å². The minimum Gasteiger partial charge on any atom is -0.480 e. The molecule has 0 aromatic carbocycles. The van der Waals surface area contributed by atoms with Crippen molar-refractivity contribution in [2.45, 2.75) is 12.5 Å². The van der Waals surface area contributed by atoms with Crippen LogP contribution in [0.1, 0.15) is 6.42 Å². The molecule has 0 fully saturated rings. The van der Waals surface area contributed by atoms with Gasteiger partial charge in [-0.3, -0.25) is 4.79 Å². The van der Waals surface area contributed by atoms with Crippen LogP contribution in [0.4, 0.5) is 0 Å². The standard InChI is InChI=1S/C6H12N2O4S/c1-3-4-5(6(9)10)8-13(11,12)7-2/h3,5,7-8H,1,4H2,2H3,(H,9,10). The first kappa shape index (κ1) is 12.1. The largest absolute Gasteiger partial charge is 0.480 e. The Morgan fingerprint density at radius 2 is 2.23 bits per heavy atom. The molecule has 0 bridgehead atoms. The van der Waals surface area contributed by atoms with Gasteiger partial charge in [0.05, 0.1) is 0 Å². The second-order valence-electron chi connectivity index (χ2n) is 2.24. The molecule has 0 radical (unpaired) electrons. The summed E-state index contributed by atoms with van der Waals surface area (Å²) in [5.41, 5.74) is 0.